The molecule has 0 aliphatic carbocycles. The third-order valence-electron chi connectivity index (χ3n) is 1.44. The van der Waals surface area contributed by atoms with Crippen molar-refractivity contribution in [2.45, 2.75) is 6.92 Å². The van der Waals surface area contributed by atoms with E-state index >= 15 is 0 Å². The molecule has 0 fully saturated rings. The third kappa shape index (κ3) is 3.50. The topological polar surface area (TPSA) is 46.2 Å². The van der Waals surface area contributed by atoms with Crippen LogP contribution in [0.3, 0.4) is 0 Å². The zero-order chi connectivity index (χ0) is 10.6. The van der Waals surface area contributed by atoms with Crippen molar-refractivity contribution in [1.82, 2.24) is 0 Å². The molecule has 3 nitrogen and oxygen atoms in total. The zero-order valence-electron chi connectivity index (χ0n) is 8.03. The number of rotatable bonds is 2. The second-order valence-corrected chi connectivity index (χ2v) is 4.58. The van der Waals surface area contributed by atoms with Crippen LogP contribution in [0, 0.1) is 11.8 Å². The highest BCUT2D eigenvalue weighted by Crippen LogP contribution is 2.10. The summed E-state index contributed by atoms with van der Waals surface area (Å²) in [7, 11) is -3.21. The first kappa shape index (κ1) is 10.6. The van der Waals surface area contributed by atoms with Crippen molar-refractivity contribution in [2.24, 2.45) is 0 Å². The second kappa shape index (κ2) is 4.16. The van der Waals surface area contributed by atoms with Crippen LogP contribution in [0.2, 0.25) is 0 Å². The molecule has 0 amide bonds. The van der Waals surface area contributed by atoms with E-state index in [1.54, 1.807) is 25.1 Å². The molecule has 0 aromatic heterocycles. The Bertz CT molecular complexity index is 480. The quantitative estimate of drug-likeness (QED) is 0.749. The van der Waals surface area contributed by atoms with E-state index in [9.17, 15) is 8.42 Å². The van der Waals surface area contributed by atoms with E-state index in [4.69, 9.17) is 0 Å². The summed E-state index contributed by atoms with van der Waals surface area (Å²) in [6.45, 7) is 1.73. The van der Waals surface area contributed by atoms with E-state index in [-0.39, 0.29) is 0 Å². The summed E-state index contributed by atoms with van der Waals surface area (Å²) >= 11 is 0. The van der Waals surface area contributed by atoms with Crippen LogP contribution in [0.15, 0.2) is 24.3 Å². The molecular formula is C10H11NO2S. The van der Waals surface area contributed by atoms with Gasteiger partial charge >= 0.3 is 0 Å². The molecule has 0 saturated carbocycles. The molecule has 0 atom stereocenters. The lowest BCUT2D eigenvalue weighted by atomic mass is 10.2. The van der Waals surface area contributed by atoms with Gasteiger partial charge in [-0.1, -0.05) is 12.0 Å². The van der Waals surface area contributed by atoms with Crippen molar-refractivity contribution in [3.05, 3.63) is 29.8 Å². The number of nitrogens with one attached hydrogen (secondary N) is 1. The maximum absolute atomic E-state index is 10.9. The minimum Gasteiger partial charge on any atom is -0.284 e. The van der Waals surface area contributed by atoms with Gasteiger partial charge in [0, 0.05) is 11.3 Å². The Labute approximate surface area is 84.2 Å². The molecule has 14 heavy (non-hydrogen) atoms. The van der Waals surface area contributed by atoms with E-state index in [1.165, 1.54) is 0 Å². The predicted octanol–water partition coefficient (Wildman–Crippen LogP) is 1.43. The molecule has 1 N–H and O–H groups in total. The van der Waals surface area contributed by atoms with Gasteiger partial charge < -0.3 is 0 Å². The molecule has 0 unspecified atom stereocenters. The Morgan fingerprint density at radius 1 is 1.36 bits per heavy atom. The van der Waals surface area contributed by atoms with Crippen LogP contribution in [0.5, 0.6) is 0 Å². The maximum atomic E-state index is 10.9. The molecule has 0 aliphatic rings. The Morgan fingerprint density at radius 3 is 2.64 bits per heavy atom. The van der Waals surface area contributed by atoms with Gasteiger partial charge in [0.25, 0.3) is 0 Å². The molecule has 0 heterocycles. The van der Waals surface area contributed by atoms with Gasteiger partial charge in [-0.2, -0.15) is 0 Å². The van der Waals surface area contributed by atoms with Gasteiger partial charge in [0.2, 0.25) is 10.0 Å². The van der Waals surface area contributed by atoms with Crippen LogP contribution >= 0.6 is 0 Å². The minimum atomic E-state index is -3.21. The molecule has 0 radical (unpaired) electrons. The lowest BCUT2D eigenvalue weighted by molar-refractivity contribution is 0.607. The number of hydrogen-bond donors (Lipinski definition) is 1. The first-order valence-corrected chi connectivity index (χ1v) is 5.91. The summed E-state index contributed by atoms with van der Waals surface area (Å²) in [6, 6.07) is 6.95. The fraction of sp³-hybridized carbons (Fsp3) is 0.200. The van der Waals surface area contributed by atoms with Crippen LogP contribution in [0.1, 0.15) is 12.5 Å². The maximum Gasteiger partial charge on any atom is 0.229 e. The summed E-state index contributed by atoms with van der Waals surface area (Å²) in [6.07, 6.45) is 1.12. The Hall–Kier alpha value is -1.47. The van der Waals surface area contributed by atoms with E-state index in [2.05, 4.69) is 16.6 Å². The fourth-order valence-corrected chi connectivity index (χ4v) is 1.57. The molecule has 74 valence electrons. The molecule has 1 rings (SSSR count). The standard InChI is InChI=1S/C10H11NO2S/c1-3-5-9-6-4-7-10(8-9)11-14(2,12)13/h4,6-8,11H,1-2H3. The molecule has 1 aromatic rings. The molecule has 4 heteroatoms. The van der Waals surface area contributed by atoms with Gasteiger partial charge in [0.05, 0.1) is 6.26 Å². The van der Waals surface area contributed by atoms with Crippen LogP contribution in [-0.4, -0.2) is 14.7 Å². The summed E-state index contributed by atoms with van der Waals surface area (Å²) in [4.78, 5) is 0. The molecule has 0 saturated heterocycles. The van der Waals surface area contributed by atoms with Gasteiger partial charge in [-0.25, -0.2) is 8.42 Å². The van der Waals surface area contributed by atoms with Crippen LogP contribution in [0.25, 0.3) is 0 Å². The van der Waals surface area contributed by atoms with E-state index in [0.717, 1.165) is 11.8 Å². The highest BCUT2D eigenvalue weighted by molar-refractivity contribution is 7.92. The van der Waals surface area contributed by atoms with Gasteiger partial charge in [0.15, 0.2) is 0 Å². The number of sulfonamides is 1. The molecule has 0 spiro atoms. The largest absolute Gasteiger partial charge is 0.284 e. The smallest absolute Gasteiger partial charge is 0.229 e. The first-order chi connectivity index (χ1) is 6.51. The number of anilines is 1. The van der Waals surface area contributed by atoms with E-state index < -0.39 is 10.0 Å². The predicted molar refractivity (Wildman–Crippen MR) is 57.5 cm³/mol. The first-order valence-electron chi connectivity index (χ1n) is 4.02. The highest BCUT2D eigenvalue weighted by atomic mass is 32.2. The Kier molecular flexibility index (Phi) is 3.15. The number of benzene rings is 1. The van der Waals surface area contributed by atoms with Crippen molar-refractivity contribution >= 4 is 15.7 Å². The SMILES string of the molecule is CC#Cc1cccc(NS(C)(=O)=O)c1. The summed E-state index contributed by atoms with van der Waals surface area (Å²) < 4.78 is 24.2. The molecule has 0 bridgehead atoms. The molecular weight excluding hydrogens is 198 g/mol. The normalized spacial score (nSPS) is 10.1. The fourth-order valence-electron chi connectivity index (χ4n) is 1.02. The number of hydrogen-bond acceptors (Lipinski definition) is 2. The zero-order valence-corrected chi connectivity index (χ0v) is 8.85. The van der Waals surface area contributed by atoms with Gasteiger partial charge in [-0.15, -0.1) is 5.92 Å². The van der Waals surface area contributed by atoms with E-state index in [1.807, 2.05) is 6.07 Å². The summed E-state index contributed by atoms with van der Waals surface area (Å²) in [5, 5.41) is 0. The minimum absolute atomic E-state index is 0.535. The molecule has 0 aliphatic heterocycles. The summed E-state index contributed by atoms with van der Waals surface area (Å²) in [5.74, 6) is 5.60. The van der Waals surface area contributed by atoms with Crippen molar-refractivity contribution < 1.29 is 8.42 Å². The average Bonchev–Trinajstić information content (AvgIpc) is 2.02. The summed E-state index contributed by atoms with van der Waals surface area (Å²) in [5.41, 5.74) is 1.33. The van der Waals surface area contributed by atoms with Crippen molar-refractivity contribution in [3.8, 4) is 11.8 Å². The Morgan fingerprint density at radius 2 is 2.07 bits per heavy atom. The lowest BCUT2D eigenvalue weighted by Crippen LogP contribution is -2.09. The van der Waals surface area contributed by atoms with Crippen molar-refractivity contribution in [3.63, 3.8) is 0 Å². The van der Waals surface area contributed by atoms with Gasteiger partial charge in [0.1, 0.15) is 0 Å². The van der Waals surface area contributed by atoms with Crippen LogP contribution in [-0.2, 0) is 10.0 Å². The Balaban J connectivity index is 2.99. The van der Waals surface area contributed by atoms with Crippen molar-refractivity contribution in [2.75, 3.05) is 11.0 Å². The average molecular weight is 209 g/mol. The monoisotopic (exact) mass is 209 g/mol. The van der Waals surface area contributed by atoms with E-state index in [0.29, 0.717) is 5.69 Å². The van der Waals surface area contributed by atoms with Crippen LogP contribution < -0.4 is 4.72 Å². The van der Waals surface area contributed by atoms with Crippen LogP contribution in [0.4, 0.5) is 5.69 Å². The van der Waals surface area contributed by atoms with Gasteiger partial charge in [-0.3, -0.25) is 4.72 Å². The van der Waals surface area contributed by atoms with Gasteiger partial charge in [-0.05, 0) is 25.1 Å². The molecule has 1 aromatic carbocycles. The van der Waals surface area contributed by atoms with Crippen molar-refractivity contribution in [1.29, 1.82) is 0 Å². The highest BCUT2D eigenvalue weighted by Gasteiger charge is 2.00. The second-order valence-electron chi connectivity index (χ2n) is 2.83. The lowest BCUT2D eigenvalue weighted by Gasteiger charge is -2.03. The third-order valence-corrected chi connectivity index (χ3v) is 2.04.